The van der Waals surface area contributed by atoms with E-state index >= 15 is 0 Å². The highest BCUT2D eigenvalue weighted by Gasteiger charge is 1.95. The summed E-state index contributed by atoms with van der Waals surface area (Å²) in [6.45, 7) is 5.11. The first-order valence-corrected chi connectivity index (χ1v) is 4.04. The quantitative estimate of drug-likeness (QED) is 0.700. The van der Waals surface area contributed by atoms with Crippen LogP contribution in [0.25, 0.3) is 0 Å². The van der Waals surface area contributed by atoms with Crippen molar-refractivity contribution < 1.29 is 4.39 Å². The number of halogens is 1. The number of nitrogens with one attached hydrogen (secondary N) is 1. The molecule has 0 spiro atoms. The maximum Gasteiger partial charge on any atom is 0.212 e. The minimum atomic E-state index is -0.440. The van der Waals surface area contributed by atoms with Gasteiger partial charge in [0.15, 0.2) is 0 Å². The summed E-state index contributed by atoms with van der Waals surface area (Å²) in [4.78, 5) is 3.53. The van der Waals surface area contributed by atoms with E-state index in [9.17, 15) is 4.39 Å². The van der Waals surface area contributed by atoms with Crippen LogP contribution >= 0.6 is 0 Å². The van der Waals surface area contributed by atoms with Crippen LogP contribution in [0.15, 0.2) is 18.3 Å². The van der Waals surface area contributed by atoms with Crippen LogP contribution in [0.2, 0.25) is 0 Å². The molecule has 0 aromatic carbocycles. The molecule has 3 heteroatoms. The normalized spacial score (nSPS) is 10.3. The Morgan fingerprint density at radius 3 is 2.75 bits per heavy atom. The van der Waals surface area contributed by atoms with Gasteiger partial charge >= 0.3 is 0 Å². The van der Waals surface area contributed by atoms with Gasteiger partial charge in [0.2, 0.25) is 5.95 Å². The average molecular weight is 168 g/mol. The fourth-order valence-corrected chi connectivity index (χ4v) is 0.802. The van der Waals surface area contributed by atoms with Gasteiger partial charge in [-0.05, 0) is 18.1 Å². The second kappa shape index (κ2) is 4.04. The molecule has 66 valence electrons. The molecule has 0 aliphatic heterocycles. The molecule has 1 aromatic rings. The number of hydrogen-bond donors (Lipinski definition) is 1. The number of anilines is 1. The minimum absolute atomic E-state index is 0.440. The van der Waals surface area contributed by atoms with Crippen molar-refractivity contribution in [2.45, 2.75) is 13.8 Å². The van der Waals surface area contributed by atoms with Gasteiger partial charge in [-0.3, -0.25) is 0 Å². The lowest BCUT2D eigenvalue weighted by Gasteiger charge is -2.07. The van der Waals surface area contributed by atoms with Gasteiger partial charge in [0.25, 0.3) is 0 Å². The fraction of sp³-hybridized carbons (Fsp3) is 0.444. The van der Waals surface area contributed by atoms with Crippen molar-refractivity contribution in [3.05, 3.63) is 24.3 Å². The van der Waals surface area contributed by atoms with Crippen LogP contribution in [-0.2, 0) is 0 Å². The molecule has 0 radical (unpaired) electrons. The molecule has 0 fully saturated rings. The summed E-state index contributed by atoms with van der Waals surface area (Å²) in [6, 6.07) is 3.04. The summed E-state index contributed by atoms with van der Waals surface area (Å²) >= 11 is 0. The van der Waals surface area contributed by atoms with E-state index in [2.05, 4.69) is 24.1 Å². The molecule has 0 atom stereocenters. The summed E-state index contributed by atoms with van der Waals surface area (Å²) < 4.78 is 12.3. The molecule has 0 saturated heterocycles. The highest BCUT2D eigenvalue weighted by Crippen LogP contribution is 2.05. The van der Waals surface area contributed by atoms with E-state index in [-0.39, 0.29) is 0 Å². The Morgan fingerprint density at radius 2 is 2.25 bits per heavy atom. The Balaban J connectivity index is 2.48. The molecular formula is C9H13FN2. The lowest BCUT2D eigenvalue weighted by molar-refractivity contribution is 0.584. The van der Waals surface area contributed by atoms with Crippen molar-refractivity contribution in [3.8, 4) is 0 Å². The largest absolute Gasteiger partial charge is 0.384 e. The van der Waals surface area contributed by atoms with Crippen molar-refractivity contribution in [1.29, 1.82) is 0 Å². The molecule has 0 unspecified atom stereocenters. The fourth-order valence-electron chi connectivity index (χ4n) is 0.802. The number of nitrogens with zero attached hydrogens (tertiary/aromatic N) is 1. The Bertz CT molecular complexity index is 231. The van der Waals surface area contributed by atoms with Gasteiger partial charge in [0, 0.05) is 6.54 Å². The van der Waals surface area contributed by atoms with Crippen LogP contribution in [0.3, 0.4) is 0 Å². The van der Waals surface area contributed by atoms with Gasteiger partial charge in [-0.1, -0.05) is 13.8 Å². The van der Waals surface area contributed by atoms with Gasteiger partial charge < -0.3 is 5.32 Å². The summed E-state index contributed by atoms with van der Waals surface area (Å²) in [7, 11) is 0. The van der Waals surface area contributed by atoms with E-state index in [0.717, 1.165) is 12.2 Å². The van der Waals surface area contributed by atoms with Crippen LogP contribution in [0.5, 0.6) is 0 Å². The van der Waals surface area contributed by atoms with Gasteiger partial charge in [0.1, 0.15) is 0 Å². The summed E-state index contributed by atoms with van der Waals surface area (Å²) in [5.41, 5.74) is 0.866. The summed E-state index contributed by atoms with van der Waals surface area (Å²) in [5.74, 6) is 0.139. The highest BCUT2D eigenvalue weighted by atomic mass is 19.1. The summed E-state index contributed by atoms with van der Waals surface area (Å²) in [5, 5.41) is 3.14. The Hall–Kier alpha value is -1.12. The Labute approximate surface area is 71.8 Å². The van der Waals surface area contributed by atoms with Gasteiger partial charge in [-0.25, -0.2) is 4.98 Å². The van der Waals surface area contributed by atoms with Crippen LogP contribution in [0, 0.1) is 11.9 Å². The van der Waals surface area contributed by atoms with E-state index in [1.165, 1.54) is 12.3 Å². The zero-order valence-electron chi connectivity index (χ0n) is 7.34. The third-order valence-corrected chi connectivity index (χ3v) is 1.44. The molecule has 0 bridgehead atoms. The third-order valence-electron chi connectivity index (χ3n) is 1.44. The van der Waals surface area contributed by atoms with Crippen LogP contribution in [0.4, 0.5) is 10.1 Å². The Morgan fingerprint density at radius 1 is 1.50 bits per heavy atom. The van der Waals surface area contributed by atoms with Crippen molar-refractivity contribution in [2.24, 2.45) is 5.92 Å². The molecular weight excluding hydrogens is 155 g/mol. The van der Waals surface area contributed by atoms with Crippen molar-refractivity contribution in [3.63, 3.8) is 0 Å². The highest BCUT2D eigenvalue weighted by molar-refractivity contribution is 5.39. The average Bonchev–Trinajstić information content (AvgIpc) is 2.03. The van der Waals surface area contributed by atoms with Crippen molar-refractivity contribution in [1.82, 2.24) is 4.98 Å². The minimum Gasteiger partial charge on any atom is -0.384 e. The number of hydrogen-bond acceptors (Lipinski definition) is 2. The van der Waals surface area contributed by atoms with Crippen molar-refractivity contribution >= 4 is 5.69 Å². The van der Waals surface area contributed by atoms with E-state index in [1.54, 1.807) is 6.07 Å². The standard InChI is InChI=1S/C9H13FN2/c1-7(2)5-11-8-3-4-9(10)12-6-8/h3-4,6-7,11H,5H2,1-2H3. The second-order valence-corrected chi connectivity index (χ2v) is 3.14. The van der Waals surface area contributed by atoms with Gasteiger partial charge in [-0.2, -0.15) is 4.39 Å². The topological polar surface area (TPSA) is 24.9 Å². The molecule has 1 rings (SSSR count). The lowest BCUT2D eigenvalue weighted by Crippen LogP contribution is -2.07. The molecule has 1 N–H and O–H groups in total. The van der Waals surface area contributed by atoms with Crippen LogP contribution < -0.4 is 5.32 Å². The maximum absolute atomic E-state index is 12.3. The molecule has 0 amide bonds. The number of aromatic nitrogens is 1. The first-order valence-electron chi connectivity index (χ1n) is 4.04. The molecule has 2 nitrogen and oxygen atoms in total. The van der Waals surface area contributed by atoms with E-state index in [0.29, 0.717) is 5.92 Å². The van der Waals surface area contributed by atoms with Gasteiger partial charge in [-0.15, -0.1) is 0 Å². The van der Waals surface area contributed by atoms with E-state index in [1.807, 2.05) is 0 Å². The summed E-state index contributed by atoms with van der Waals surface area (Å²) in [6.07, 6.45) is 1.50. The van der Waals surface area contributed by atoms with Gasteiger partial charge in [0.05, 0.1) is 11.9 Å². The monoisotopic (exact) mass is 168 g/mol. The second-order valence-electron chi connectivity index (χ2n) is 3.14. The zero-order valence-corrected chi connectivity index (χ0v) is 7.34. The number of pyridine rings is 1. The lowest BCUT2D eigenvalue weighted by atomic mass is 10.2. The predicted octanol–water partition coefficient (Wildman–Crippen LogP) is 2.29. The van der Waals surface area contributed by atoms with E-state index in [4.69, 9.17) is 0 Å². The molecule has 0 aliphatic rings. The SMILES string of the molecule is CC(C)CNc1ccc(F)nc1. The molecule has 1 heterocycles. The van der Waals surface area contributed by atoms with Crippen molar-refractivity contribution in [2.75, 3.05) is 11.9 Å². The first-order chi connectivity index (χ1) is 5.68. The Kier molecular flexibility index (Phi) is 3.02. The number of rotatable bonds is 3. The first kappa shape index (κ1) is 8.97. The predicted molar refractivity (Wildman–Crippen MR) is 47.5 cm³/mol. The maximum atomic E-state index is 12.3. The molecule has 1 aromatic heterocycles. The molecule has 12 heavy (non-hydrogen) atoms. The third kappa shape index (κ3) is 2.86. The molecule has 0 saturated carbocycles. The smallest absolute Gasteiger partial charge is 0.212 e. The van der Waals surface area contributed by atoms with E-state index < -0.39 is 5.95 Å². The molecule has 0 aliphatic carbocycles. The van der Waals surface area contributed by atoms with Crippen LogP contribution in [0.1, 0.15) is 13.8 Å². The zero-order chi connectivity index (χ0) is 8.97. The van der Waals surface area contributed by atoms with Crippen LogP contribution in [-0.4, -0.2) is 11.5 Å².